The molecule has 1 unspecified atom stereocenters. The number of hydrogen-bond donors (Lipinski definition) is 1. The molecule has 5 nitrogen and oxygen atoms in total. The molecule has 0 bridgehead atoms. The number of nitrogens with zero attached hydrogens (tertiary/aromatic N) is 1. The number of unbranched alkanes of at least 4 members (excludes halogenated alkanes) is 4. The normalized spacial score (nSPS) is 17.6. The van der Waals surface area contributed by atoms with Gasteiger partial charge in [0.1, 0.15) is 0 Å². The predicted octanol–water partition coefficient (Wildman–Crippen LogP) is 4.15. The number of amides is 3. The van der Waals surface area contributed by atoms with E-state index in [0.717, 1.165) is 25.0 Å². The molecule has 1 fully saturated rings. The molecule has 0 aromatic rings. The Balaban J connectivity index is 2.19. The fraction of sp³-hybridized carbons (Fsp3) is 0.857. The second-order valence-corrected chi connectivity index (χ2v) is 9.94. The van der Waals surface area contributed by atoms with Gasteiger partial charge in [-0.15, -0.1) is 11.8 Å². The lowest BCUT2D eigenvalue weighted by molar-refractivity contribution is -0.138. The largest absolute Gasteiger partial charge is 0.356 e. The van der Waals surface area contributed by atoms with E-state index in [2.05, 4.69) is 33.0 Å². The van der Waals surface area contributed by atoms with Gasteiger partial charge in [0.25, 0.3) is 0 Å². The summed E-state index contributed by atoms with van der Waals surface area (Å²) >= 11 is 1.60. The minimum absolute atomic E-state index is 0.0876. The first kappa shape index (κ1) is 24.0. The predicted molar refractivity (Wildman–Crippen MR) is 113 cm³/mol. The van der Waals surface area contributed by atoms with Crippen molar-refractivity contribution in [3.8, 4) is 0 Å². The van der Waals surface area contributed by atoms with Gasteiger partial charge in [-0.1, -0.05) is 53.4 Å². The molecule has 0 aromatic heterocycles. The van der Waals surface area contributed by atoms with E-state index >= 15 is 0 Å². The molecule has 3 amide bonds. The zero-order valence-electron chi connectivity index (χ0n) is 17.6. The van der Waals surface area contributed by atoms with Gasteiger partial charge in [0.05, 0.1) is 5.25 Å². The molecular formula is C21H38N2O3S. The molecule has 0 saturated carbocycles. The first-order valence-electron chi connectivity index (χ1n) is 10.5. The average molecular weight is 399 g/mol. The summed E-state index contributed by atoms with van der Waals surface area (Å²) in [6, 6.07) is 0. The third-order valence-corrected chi connectivity index (χ3v) is 6.05. The molecule has 1 saturated heterocycles. The molecule has 1 rings (SSSR count). The van der Waals surface area contributed by atoms with Crippen LogP contribution in [-0.2, 0) is 14.4 Å². The average Bonchev–Trinajstić information content (AvgIpc) is 2.85. The number of thioether (sulfide) groups is 1. The van der Waals surface area contributed by atoms with Crippen LogP contribution < -0.4 is 5.32 Å². The third-order valence-electron chi connectivity index (χ3n) is 4.76. The second kappa shape index (κ2) is 12.4. The highest BCUT2D eigenvalue weighted by atomic mass is 32.2. The summed E-state index contributed by atoms with van der Waals surface area (Å²) in [5.41, 5.74) is 0.405. The van der Waals surface area contributed by atoms with Gasteiger partial charge in [-0.2, -0.15) is 0 Å². The number of carbonyl (C=O) groups excluding carboxylic acids is 3. The van der Waals surface area contributed by atoms with Crippen molar-refractivity contribution >= 4 is 29.5 Å². The van der Waals surface area contributed by atoms with Crippen LogP contribution in [0.3, 0.4) is 0 Å². The van der Waals surface area contributed by atoms with Gasteiger partial charge in [0, 0.05) is 25.9 Å². The van der Waals surface area contributed by atoms with Gasteiger partial charge in [0.2, 0.25) is 17.7 Å². The minimum Gasteiger partial charge on any atom is -0.356 e. The molecule has 27 heavy (non-hydrogen) atoms. The van der Waals surface area contributed by atoms with Crippen LogP contribution in [0.5, 0.6) is 0 Å². The lowest BCUT2D eigenvalue weighted by atomic mass is 9.89. The van der Waals surface area contributed by atoms with E-state index in [9.17, 15) is 14.4 Å². The Kier molecular flexibility index (Phi) is 11.0. The summed E-state index contributed by atoms with van der Waals surface area (Å²) in [6.45, 7) is 9.74. The zero-order valence-corrected chi connectivity index (χ0v) is 18.5. The van der Waals surface area contributed by atoms with Gasteiger partial charge in [-0.05, 0) is 30.4 Å². The SMILES string of the molecule is CCCCNC(=O)CCN1C(=O)CC(SCCCCCCC(C)(C)C)C1=O. The van der Waals surface area contributed by atoms with Gasteiger partial charge >= 0.3 is 0 Å². The summed E-state index contributed by atoms with van der Waals surface area (Å²) < 4.78 is 0. The lowest BCUT2D eigenvalue weighted by Crippen LogP contribution is -2.35. The molecule has 0 aliphatic carbocycles. The van der Waals surface area contributed by atoms with Crippen molar-refractivity contribution in [2.24, 2.45) is 5.41 Å². The summed E-state index contributed by atoms with van der Waals surface area (Å²) in [5, 5.41) is 2.57. The number of carbonyl (C=O) groups is 3. The highest BCUT2D eigenvalue weighted by molar-refractivity contribution is 8.00. The first-order valence-corrected chi connectivity index (χ1v) is 11.5. The van der Waals surface area contributed by atoms with Crippen LogP contribution >= 0.6 is 11.8 Å². The Labute approximate surface area is 169 Å². The van der Waals surface area contributed by atoms with E-state index in [1.807, 2.05) is 0 Å². The van der Waals surface area contributed by atoms with Gasteiger partial charge < -0.3 is 5.32 Å². The van der Waals surface area contributed by atoms with Crippen LogP contribution in [0.15, 0.2) is 0 Å². The highest BCUT2D eigenvalue weighted by Gasteiger charge is 2.38. The molecule has 6 heteroatoms. The lowest BCUT2D eigenvalue weighted by Gasteiger charge is -2.17. The van der Waals surface area contributed by atoms with Crippen molar-refractivity contribution in [2.75, 3.05) is 18.8 Å². The van der Waals surface area contributed by atoms with Gasteiger partial charge in [0.15, 0.2) is 0 Å². The maximum absolute atomic E-state index is 12.4. The maximum Gasteiger partial charge on any atom is 0.242 e. The number of hydrogen-bond acceptors (Lipinski definition) is 4. The van der Waals surface area contributed by atoms with Crippen LogP contribution in [0.2, 0.25) is 0 Å². The standard InChI is InChI=1S/C21H38N2O3S/c1-5-6-13-22-18(24)11-14-23-19(25)16-17(20(23)26)27-15-10-8-7-9-12-21(2,3)4/h17H,5-16H2,1-4H3,(H,22,24). The number of likely N-dealkylation sites (tertiary alicyclic amines) is 1. The highest BCUT2D eigenvalue weighted by Crippen LogP contribution is 2.27. The molecular weight excluding hydrogens is 360 g/mol. The number of rotatable bonds is 13. The summed E-state index contributed by atoms with van der Waals surface area (Å²) in [4.78, 5) is 37.6. The molecule has 1 atom stereocenters. The first-order chi connectivity index (χ1) is 12.7. The van der Waals surface area contributed by atoms with Crippen molar-refractivity contribution in [3.05, 3.63) is 0 Å². The van der Waals surface area contributed by atoms with Crippen LogP contribution in [0.4, 0.5) is 0 Å². The second-order valence-electron chi connectivity index (χ2n) is 8.63. The molecule has 156 valence electrons. The monoisotopic (exact) mass is 398 g/mol. The number of nitrogens with one attached hydrogen (secondary N) is 1. The van der Waals surface area contributed by atoms with Crippen molar-refractivity contribution < 1.29 is 14.4 Å². The number of imide groups is 1. The molecule has 0 aromatic carbocycles. The van der Waals surface area contributed by atoms with E-state index in [-0.39, 0.29) is 42.4 Å². The third kappa shape index (κ3) is 10.2. The van der Waals surface area contributed by atoms with E-state index in [0.29, 0.717) is 12.0 Å². The van der Waals surface area contributed by atoms with Crippen LogP contribution in [0.25, 0.3) is 0 Å². The maximum atomic E-state index is 12.4. The molecule has 1 aliphatic heterocycles. The molecule has 1 aliphatic rings. The quantitative estimate of drug-likeness (QED) is 0.374. The fourth-order valence-electron chi connectivity index (χ4n) is 3.06. The van der Waals surface area contributed by atoms with Crippen molar-refractivity contribution in [1.29, 1.82) is 0 Å². The van der Waals surface area contributed by atoms with Crippen molar-refractivity contribution in [3.63, 3.8) is 0 Å². The summed E-state index contributed by atoms with van der Waals surface area (Å²) in [5.74, 6) is 0.586. The fourth-order valence-corrected chi connectivity index (χ4v) is 4.25. The van der Waals surface area contributed by atoms with Gasteiger partial charge in [-0.3, -0.25) is 19.3 Å². The smallest absolute Gasteiger partial charge is 0.242 e. The Morgan fingerprint density at radius 1 is 1.15 bits per heavy atom. The van der Waals surface area contributed by atoms with E-state index in [1.165, 1.54) is 30.6 Å². The Morgan fingerprint density at radius 2 is 1.85 bits per heavy atom. The van der Waals surface area contributed by atoms with E-state index in [1.54, 1.807) is 11.8 Å². The molecule has 1 N–H and O–H groups in total. The van der Waals surface area contributed by atoms with Crippen LogP contribution in [-0.4, -0.2) is 46.7 Å². The Morgan fingerprint density at radius 3 is 2.52 bits per heavy atom. The van der Waals surface area contributed by atoms with Crippen molar-refractivity contribution in [2.45, 2.75) is 90.7 Å². The summed E-state index contributed by atoms with van der Waals surface area (Å²) in [7, 11) is 0. The Hall–Kier alpha value is -1.04. The van der Waals surface area contributed by atoms with Crippen LogP contribution in [0, 0.1) is 5.41 Å². The topological polar surface area (TPSA) is 66.5 Å². The molecule has 0 spiro atoms. The van der Waals surface area contributed by atoms with Gasteiger partial charge in [-0.25, -0.2) is 0 Å². The minimum atomic E-state index is -0.254. The summed E-state index contributed by atoms with van der Waals surface area (Å²) in [6.07, 6.45) is 8.46. The van der Waals surface area contributed by atoms with Crippen molar-refractivity contribution in [1.82, 2.24) is 10.2 Å². The zero-order chi connectivity index (χ0) is 20.3. The molecule has 0 radical (unpaired) electrons. The van der Waals surface area contributed by atoms with E-state index in [4.69, 9.17) is 0 Å². The molecule has 1 heterocycles. The van der Waals surface area contributed by atoms with Crippen LogP contribution in [0.1, 0.15) is 85.5 Å². The van der Waals surface area contributed by atoms with E-state index < -0.39 is 0 Å². The Bertz CT molecular complexity index is 488.